The molecular weight excluding hydrogens is 366 g/mol. The molecule has 0 atom stereocenters. The third-order valence-corrected chi connectivity index (χ3v) is 4.49. The molecule has 0 unspecified atom stereocenters. The molecule has 2 amide bonds. The van der Waals surface area contributed by atoms with Crippen molar-refractivity contribution in [2.24, 2.45) is 0 Å². The molecule has 7 nitrogen and oxygen atoms in total. The van der Waals surface area contributed by atoms with Crippen molar-refractivity contribution in [2.75, 3.05) is 11.9 Å². The second-order valence-electron chi connectivity index (χ2n) is 6.63. The van der Waals surface area contributed by atoms with Gasteiger partial charge in [-0.25, -0.2) is 14.8 Å². The highest BCUT2D eigenvalue weighted by Gasteiger charge is 2.08. The number of hydrogen-bond donors (Lipinski definition) is 2. The average molecular weight is 387 g/mol. The van der Waals surface area contributed by atoms with E-state index in [2.05, 4.69) is 37.7 Å². The normalized spacial score (nSPS) is 10.8. The van der Waals surface area contributed by atoms with Crippen molar-refractivity contribution in [1.82, 2.24) is 20.3 Å². The molecule has 29 heavy (non-hydrogen) atoms. The SMILES string of the molecule is O=C(NCCCCc1ccccc1)Nc1ccc2ncc(-c3ccoc3)nc2n1. The van der Waals surface area contributed by atoms with Gasteiger partial charge in [-0.3, -0.25) is 10.3 Å². The highest BCUT2D eigenvalue weighted by molar-refractivity contribution is 5.89. The zero-order valence-electron chi connectivity index (χ0n) is 15.8. The second kappa shape index (κ2) is 8.97. The molecule has 2 N–H and O–H groups in total. The van der Waals surface area contributed by atoms with Gasteiger partial charge in [-0.1, -0.05) is 30.3 Å². The highest BCUT2D eigenvalue weighted by Crippen LogP contribution is 2.19. The molecule has 1 aromatic carbocycles. The summed E-state index contributed by atoms with van der Waals surface area (Å²) in [7, 11) is 0. The van der Waals surface area contributed by atoms with Crippen molar-refractivity contribution in [2.45, 2.75) is 19.3 Å². The van der Waals surface area contributed by atoms with Gasteiger partial charge in [0.25, 0.3) is 0 Å². The van der Waals surface area contributed by atoms with Crippen LogP contribution in [0.2, 0.25) is 0 Å². The lowest BCUT2D eigenvalue weighted by atomic mass is 10.1. The Labute approximate surface area is 168 Å². The van der Waals surface area contributed by atoms with Gasteiger partial charge in [0.05, 0.1) is 24.4 Å². The van der Waals surface area contributed by atoms with Crippen molar-refractivity contribution >= 4 is 23.0 Å². The van der Waals surface area contributed by atoms with Crippen molar-refractivity contribution in [3.05, 3.63) is 72.8 Å². The molecule has 0 aliphatic carbocycles. The number of amides is 2. The number of hydrogen-bond acceptors (Lipinski definition) is 5. The highest BCUT2D eigenvalue weighted by atomic mass is 16.3. The topological polar surface area (TPSA) is 92.9 Å². The summed E-state index contributed by atoms with van der Waals surface area (Å²) in [5, 5.41) is 5.61. The van der Waals surface area contributed by atoms with E-state index in [1.54, 1.807) is 30.9 Å². The number of carbonyl (C=O) groups excluding carboxylic acids is 1. The van der Waals surface area contributed by atoms with Crippen LogP contribution in [0.5, 0.6) is 0 Å². The van der Waals surface area contributed by atoms with Crippen LogP contribution in [0.15, 0.2) is 71.7 Å². The van der Waals surface area contributed by atoms with E-state index in [-0.39, 0.29) is 6.03 Å². The van der Waals surface area contributed by atoms with E-state index in [1.807, 2.05) is 24.3 Å². The number of nitrogens with zero attached hydrogens (tertiary/aromatic N) is 3. The molecule has 3 heterocycles. The summed E-state index contributed by atoms with van der Waals surface area (Å²) in [5.74, 6) is 0.429. The Balaban J connectivity index is 1.29. The standard InChI is InChI=1S/C22H21N5O2/c28-22(23-12-5-4-8-16-6-2-1-3-7-16)27-20-10-9-18-21(26-20)25-19(14-24-18)17-11-13-29-15-17/h1-3,6-7,9-11,13-15H,4-5,8,12H2,(H2,23,25,26,27,28). The van der Waals surface area contributed by atoms with Crippen LogP contribution in [0.3, 0.4) is 0 Å². The Hall–Kier alpha value is -3.74. The number of nitrogens with one attached hydrogen (secondary N) is 2. The lowest BCUT2D eigenvalue weighted by Crippen LogP contribution is -2.29. The number of aromatic nitrogens is 3. The van der Waals surface area contributed by atoms with Crippen molar-refractivity contribution in [3.63, 3.8) is 0 Å². The predicted octanol–water partition coefficient (Wildman–Crippen LogP) is 4.43. The maximum absolute atomic E-state index is 12.1. The monoisotopic (exact) mass is 387 g/mol. The van der Waals surface area contributed by atoms with Gasteiger partial charge in [0.2, 0.25) is 0 Å². The molecule has 0 radical (unpaired) electrons. The van der Waals surface area contributed by atoms with Gasteiger partial charge >= 0.3 is 6.03 Å². The van der Waals surface area contributed by atoms with E-state index in [1.165, 1.54) is 5.56 Å². The summed E-state index contributed by atoms with van der Waals surface area (Å²) in [6.45, 7) is 0.608. The maximum atomic E-state index is 12.1. The lowest BCUT2D eigenvalue weighted by Gasteiger charge is -2.08. The number of aryl methyl sites for hydroxylation is 1. The molecule has 3 aromatic heterocycles. The second-order valence-corrected chi connectivity index (χ2v) is 6.63. The van der Waals surface area contributed by atoms with Crippen LogP contribution in [0.25, 0.3) is 22.4 Å². The number of pyridine rings is 1. The summed E-state index contributed by atoms with van der Waals surface area (Å²) in [6.07, 6.45) is 7.79. The summed E-state index contributed by atoms with van der Waals surface area (Å²) >= 11 is 0. The minimum absolute atomic E-state index is 0.282. The molecule has 146 valence electrons. The first kappa shape index (κ1) is 18.6. The van der Waals surface area contributed by atoms with Crippen LogP contribution >= 0.6 is 0 Å². The summed E-state index contributed by atoms with van der Waals surface area (Å²) in [4.78, 5) is 25.4. The van der Waals surface area contributed by atoms with E-state index in [9.17, 15) is 4.79 Å². The largest absolute Gasteiger partial charge is 0.472 e. The molecule has 4 rings (SSSR count). The molecule has 0 saturated carbocycles. The molecule has 0 aliphatic heterocycles. The third-order valence-electron chi connectivity index (χ3n) is 4.49. The van der Waals surface area contributed by atoms with Gasteiger partial charge in [0.15, 0.2) is 5.65 Å². The predicted molar refractivity (Wildman–Crippen MR) is 111 cm³/mol. The van der Waals surface area contributed by atoms with E-state index in [4.69, 9.17) is 4.42 Å². The fraction of sp³-hybridized carbons (Fsp3) is 0.182. The molecule has 0 aliphatic rings. The van der Waals surface area contributed by atoms with E-state index >= 15 is 0 Å². The van der Waals surface area contributed by atoms with Gasteiger partial charge in [-0.05, 0) is 43.0 Å². The molecule has 7 heteroatoms. The average Bonchev–Trinajstić information content (AvgIpc) is 3.29. The Bertz CT molecular complexity index is 1080. The van der Waals surface area contributed by atoms with Crippen molar-refractivity contribution < 1.29 is 9.21 Å². The molecular formula is C22H21N5O2. The fourth-order valence-electron chi connectivity index (χ4n) is 2.98. The van der Waals surface area contributed by atoms with Gasteiger partial charge < -0.3 is 9.73 Å². The number of rotatable bonds is 7. The Kier molecular flexibility index (Phi) is 5.76. The first-order chi connectivity index (χ1) is 14.3. The van der Waals surface area contributed by atoms with E-state index in [0.29, 0.717) is 29.2 Å². The van der Waals surface area contributed by atoms with Crippen LogP contribution in [-0.2, 0) is 6.42 Å². The molecule has 4 aromatic rings. The number of anilines is 1. The summed E-state index contributed by atoms with van der Waals surface area (Å²) < 4.78 is 5.08. The number of furan rings is 1. The Morgan fingerprint density at radius 1 is 1.00 bits per heavy atom. The Morgan fingerprint density at radius 3 is 2.72 bits per heavy atom. The molecule has 0 saturated heterocycles. The van der Waals surface area contributed by atoms with Crippen LogP contribution in [0.1, 0.15) is 18.4 Å². The van der Waals surface area contributed by atoms with E-state index in [0.717, 1.165) is 24.8 Å². The maximum Gasteiger partial charge on any atom is 0.320 e. The van der Waals surface area contributed by atoms with Crippen molar-refractivity contribution in [3.8, 4) is 11.3 Å². The molecule has 0 fully saturated rings. The van der Waals surface area contributed by atoms with Crippen LogP contribution < -0.4 is 10.6 Å². The van der Waals surface area contributed by atoms with Crippen LogP contribution in [0, 0.1) is 0 Å². The first-order valence-corrected chi connectivity index (χ1v) is 9.53. The van der Waals surface area contributed by atoms with Gasteiger partial charge in [0.1, 0.15) is 11.3 Å². The summed E-state index contributed by atoms with van der Waals surface area (Å²) in [6, 6.07) is 15.4. The van der Waals surface area contributed by atoms with Crippen LogP contribution in [0.4, 0.5) is 10.6 Å². The zero-order chi connectivity index (χ0) is 19.9. The van der Waals surface area contributed by atoms with Gasteiger partial charge in [-0.2, -0.15) is 0 Å². The summed E-state index contributed by atoms with van der Waals surface area (Å²) in [5.41, 5.74) is 3.92. The zero-order valence-corrected chi connectivity index (χ0v) is 15.8. The van der Waals surface area contributed by atoms with Gasteiger partial charge in [0, 0.05) is 12.1 Å². The number of urea groups is 1. The first-order valence-electron chi connectivity index (χ1n) is 9.53. The number of unbranched alkanes of at least 4 members (excludes halogenated alkanes) is 1. The minimum atomic E-state index is -0.282. The van der Waals surface area contributed by atoms with Crippen molar-refractivity contribution in [1.29, 1.82) is 0 Å². The number of carbonyl (C=O) groups is 1. The molecule has 0 spiro atoms. The lowest BCUT2D eigenvalue weighted by molar-refractivity contribution is 0.252. The number of benzene rings is 1. The molecule has 0 bridgehead atoms. The van der Waals surface area contributed by atoms with E-state index < -0.39 is 0 Å². The number of fused-ring (bicyclic) bond motifs is 1. The quantitative estimate of drug-likeness (QED) is 0.458. The Morgan fingerprint density at radius 2 is 1.90 bits per heavy atom. The fourth-order valence-corrected chi connectivity index (χ4v) is 2.98. The van der Waals surface area contributed by atoms with Gasteiger partial charge in [-0.15, -0.1) is 0 Å². The minimum Gasteiger partial charge on any atom is -0.472 e. The van der Waals surface area contributed by atoms with Crippen LogP contribution in [-0.4, -0.2) is 27.5 Å². The smallest absolute Gasteiger partial charge is 0.320 e. The third kappa shape index (κ3) is 4.95.